The second-order valence-electron chi connectivity index (χ2n) is 2.29. The fourth-order valence-electron chi connectivity index (χ4n) is 0.964. The van der Waals surface area contributed by atoms with Gasteiger partial charge in [0, 0.05) is 6.07 Å². The van der Waals surface area contributed by atoms with Crippen LogP contribution in [0.15, 0.2) is 18.2 Å². The molecule has 72 valence electrons. The number of hydrogen-bond donors (Lipinski definition) is 1. The van der Waals surface area contributed by atoms with Gasteiger partial charge in [-0.1, -0.05) is 0 Å². The van der Waals surface area contributed by atoms with Gasteiger partial charge in [0.2, 0.25) is 0 Å². The third-order valence-corrected chi connectivity index (χ3v) is 1.59. The summed E-state index contributed by atoms with van der Waals surface area (Å²) in [7, 11) is 3.10. The molecule has 0 aliphatic carbocycles. The van der Waals surface area contributed by atoms with Gasteiger partial charge in [-0.2, -0.15) is 0 Å². The first-order chi connectivity index (χ1) is 6.31. The molecule has 1 N–H and O–H groups in total. The summed E-state index contributed by atoms with van der Waals surface area (Å²) in [5, 5.41) is 8.56. The maximum atomic E-state index is 8.56. The number of aliphatic hydroxyl groups excluding tert-OH is 1. The molecule has 0 heterocycles. The molecule has 4 nitrogen and oxygen atoms in total. The van der Waals surface area contributed by atoms with E-state index in [2.05, 4.69) is 0 Å². The molecular formula is C9H12O4. The Balaban J connectivity index is 2.93. The minimum atomic E-state index is -0.372. The molecule has 1 aromatic carbocycles. The molecular weight excluding hydrogens is 172 g/mol. The normalized spacial score (nSPS) is 9.46. The van der Waals surface area contributed by atoms with E-state index < -0.39 is 0 Å². The maximum Gasteiger partial charge on any atom is 0.186 e. The number of ether oxygens (including phenoxy) is 3. The smallest absolute Gasteiger partial charge is 0.186 e. The first-order valence-corrected chi connectivity index (χ1v) is 3.77. The Bertz CT molecular complexity index is 272. The molecule has 13 heavy (non-hydrogen) atoms. The first kappa shape index (κ1) is 9.67. The highest BCUT2D eigenvalue weighted by molar-refractivity contribution is 5.45. The van der Waals surface area contributed by atoms with Crippen LogP contribution < -0.4 is 14.2 Å². The van der Waals surface area contributed by atoms with Gasteiger partial charge in [0.1, 0.15) is 5.75 Å². The van der Waals surface area contributed by atoms with Gasteiger partial charge >= 0.3 is 0 Å². The van der Waals surface area contributed by atoms with Crippen molar-refractivity contribution in [1.29, 1.82) is 0 Å². The Kier molecular flexibility index (Phi) is 3.40. The number of aliphatic hydroxyl groups is 1. The molecule has 0 bridgehead atoms. The van der Waals surface area contributed by atoms with Crippen LogP contribution in [-0.2, 0) is 0 Å². The molecule has 0 amide bonds. The average molecular weight is 184 g/mol. The van der Waals surface area contributed by atoms with Gasteiger partial charge in [-0.15, -0.1) is 0 Å². The van der Waals surface area contributed by atoms with Gasteiger partial charge in [0.25, 0.3) is 0 Å². The Morgan fingerprint density at radius 3 is 2.46 bits per heavy atom. The van der Waals surface area contributed by atoms with Gasteiger partial charge in [-0.25, -0.2) is 0 Å². The second kappa shape index (κ2) is 4.57. The summed E-state index contributed by atoms with van der Waals surface area (Å²) in [6, 6.07) is 5.09. The van der Waals surface area contributed by atoms with Crippen molar-refractivity contribution < 1.29 is 19.3 Å². The molecule has 0 aliphatic rings. The highest BCUT2D eigenvalue weighted by atomic mass is 16.6. The summed E-state index contributed by atoms with van der Waals surface area (Å²) >= 11 is 0. The van der Waals surface area contributed by atoms with Gasteiger partial charge < -0.3 is 19.3 Å². The van der Waals surface area contributed by atoms with E-state index in [0.717, 1.165) is 0 Å². The summed E-state index contributed by atoms with van der Waals surface area (Å²) in [5.41, 5.74) is 0. The van der Waals surface area contributed by atoms with E-state index in [4.69, 9.17) is 19.3 Å². The minimum absolute atomic E-state index is 0.372. The summed E-state index contributed by atoms with van der Waals surface area (Å²) in [6.07, 6.45) is 0. The Morgan fingerprint density at radius 1 is 1.15 bits per heavy atom. The summed E-state index contributed by atoms with van der Waals surface area (Å²) in [6.45, 7) is -0.372. The van der Waals surface area contributed by atoms with E-state index in [0.29, 0.717) is 17.2 Å². The molecule has 0 saturated carbocycles. The van der Waals surface area contributed by atoms with Crippen molar-refractivity contribution in [2.24, 2.45) is 0 Å². The van der Waals surface area contributed by atoms with Crippen molar-refractivity contribution in [3.05, 3.63) is 18.2 Å². The highest BCUT2D eigenvalue weighted by Crippen LogP contribution is 2.30. The Labute approximate surface area is 76.7 Å². The standard InChI is InChI=1S/C9H12O4/c1-11-7-3-4-8(13-6-10)9(5-7)12-2/h3-5,10H,6H2,1-2H3. The Hall–Kier alpha value is -1.42. The van der Waals surface area contributed by atoms with Crippen LogP contribution in [0.2, 0.25) is 0 Å². The van der Waals surface area contributed by atoms with E-state index in [-0.39, 0.29) is 6.79 Å². The average Bonchev–Trinajstić information content (AvgIpc) is 2.19. The largest absolute Gasteiger partial charge is 0.497 e. The first-order valence-electron chi connectivity index (χ1n) is 3.77. The number of methoxy groups -OCH3 is 2. The van der Waals surface area contributed by atoms with Crippen molar-refractivity contribution in [2.75, 3.05) is 21.0 Å². The van der Waals surface area contributed by atoms with Crippen LogP contribution in [0.25, 0.3) is 0 Å². The van der Waals surface area contributed by atoms with Gasteiger partial charge in [0.15, 0.2) is 18.3 Å². The number of rotatable bonds is 4. The van der Waals surface area contributed by atoms with E-state index in [1.165, 1.54) is 7.11 Å². The molecule has 0 unspecified atom stereocenters. The fourth-order valence-corrected chi connectivity index (χ4v) is 0.964. The van der Waals surface area contributed by atoms with Gasteiger partial charge in [0.05, 0.1) is 14.2 Å². The third kappa shape index (κ3) is 2.26. The molecule has 1 aromatic rings. The van der Waals surface area contributed by atoms with Crippen LogP contribution in [0.1, 0.15) is 0 Å². The summed E-state index contributed by atoms with van der Waals surface area (Å²) < 4.78 is 14.9. The zero-order valence-corrected chi connectivity index (χ0v) is 7.61. The van der Waals surface area contributed by atoms with Crippen LogP contribution in [0.4, 0.5) is 0 Å². The Morgan fingerprint density at radius 2 is 1.92 bits per heavy atom. The molecule has 0 atom stereocenters. The number of benzene rings is 1. The van der Waals surface area contributed by atoms with Crippen molar-refractivity contribution in [1.82, 2.24) is 0 Å². The third-order valence-electron chi connectivity index (χ3n) is 1.59. The monoisotopic (exact) mass is 184 g/mol. The molecule has 0 fully saturated rings. The topological polar surface area (TPSA) is 47.9 Å². The van der Waals surface area contributed by atoms with E-state index >= 15 is 0 Å². The van der Waals surface area contributed by atoms with Crippen LogP contribution in [0, 0.1) is 0 Å². The lowest BCUT2D eigenvalue weighted by atomic mass is 10.3. The SMILES string of the molecule is COc1ccc(OCO)c(OC)c1. The quantitative estimate of drug-likeness (QED) is 0.710. The molecule has 0 saturated heterocycles. The zero-order valence-electron chi connectivity index (χ0n) is 7.61. The molecule has 4 heteroatoms. The fraction of sp³-hybridized carbons (Fsp3) is 0.333. The van der Waals surface area contributed by atoms with Crippen molar-refractivity contribution in [3.8, 4) is 17.2 Å². The van der Waals surface area contributed by atoms with Gasteiger partial charge in [-0.3, -0.25) is 0 Å². The highest BCUT2D eigenvalue weighted by Gasteiger charge is 2.04. The molecule has 0 aliphatic heterocycles. The maximum absolute atomic E-state index is 8.56. The second-order valence-corrected chi connectivity index (χ2v) is 2.29. The number of hydrogen-bond acceptors (Lipinski definition) is 4. The van der Waals surface area contributed by atoms with E-state index in [9.17, 15) is 0 Å². The van der Waals surface area contributed by atoms with Crippen molar-refractivity contribution >= 4 is 0 Å². The summed E-state index contributed by atoms with van der Waals surface area (Å²) in [5.74, 6) is 1.71. The lowest BCUT2D eigenvalue weighted by molar-refractivity contribution is 0.0953. The predicted molar refractivity (Wildman–Crippen MR) is 47.3 cm³/mol. The zero-order chi connectivity index (χ0) is 9.68. The van der Waals surface area contributed by atoms with Crippen LogP contribution in [0.3, 0.4) is 0 Å². The van der Waals surface area contributed by atoms with Crippen LogP contribution in [-0.4, -0.2) is 26.1 Å². The minimum Gasteiger partial charge on any atom is -0.497 e. The molecule has 0 spiro atoms. The lowest BCUT2D eigenvalue weighted by Crippen LogP contribution is -1.97. The predicted octanol–water partition coefficient (Wildman–Crippen LogP) is 1.03. The summed E-state index contributed by atoms with van der Waals surface area (Å²) in [4.78, 5) is 0. The lowest BCUT2D eigenvalue weighted by Gasteiger charge is -2.09. The van der Waals surface area contributed by atoms with E-state index in [1.54, 1.807) is 25.3 Å². The molecule has 1 rings (SSSR count). The van der Waals surface area contributed by atoms with E-state index in [1.807, 2.05) is 0 Å². The van der Waals surface area contributed by atoms with Gasteiger partial charge in [-0.05, 0) is 12.1 Å². The molecule has 0 aromatic heterocycles. The van der Waals surface area contributed by atoms with Crippen molar-refractivity contribution in [3.63, 3.8) is 0 Å². The van der Waals surface area contributed by atoms with Crippen molar-refractivity contribution in [2.45, 2.75) is 0 Å². The van der Waals surface area contributed by atoms with Crippen LogP contribution >= 0.6 is 0 Å². The van der Waals surface area contributed by atoms with Crippen LogP contribution in [0.5, 0.6) is 17.2 Å². The molecule has 0 radical (unpaired) electrons.